The summed E-state index contributed by atoms with van der Waals surface area (Å²) in [4.78, 5) is 17.5. The molecule has 170 valence electrons. The van der Waals surface area contributed by atoms with Gasteiger partial charge in [-0.2, -0.15) is 5.10 Å². The number of hydrogen-bond acceptors (Lipinski definition) is 6. The highest BCUT2D eigenvalue weighted by atomic mass is 16.6. The van der Waals surface area contributed by atoms with Crippen molar-refractivity contribution in [3.63, 3.8) is 0 Å². The number of benzene rings is 2. The lowest BCUT2D eigenvalue weighted by atomic mass is 10.1. The van der Waals surface area contributed by atoms with Crippen LogP contribution in [0.15, 0.2) is 59.8 Å². The highest BCUT2D eigenvalue weighted by Crippen LogP contribution is 2.25. The molecule has 7 nitrogen and oxygen atoms in total. The number of aromatic nitrogens is 2. The summed E-state index contributed by atoms with van der Waals surface area (Å²) in [5.41, 5.74) is 2.37. The molecule has 1 heterocycles. The Morgan fingerprint density at radius 1 is 1.09 bits per heavy atom. The van der Waals surface area contributed by atoms with E-state index >= 15 is 0 Å². The van der Waals surface area contributed by atoms with Crippen LogP contribution in [0.3, 0.4) is 0 Å². The van der Waals surface area contributed by atoms with Crippen LogP contribution < -0.4 is 4.74 Å². The van der Waals surface area contributed by atoms with Crippen LogP contribution in [0.4, 0.5) is 0 Å². The molecule has 32 heavy (non-hydrogen) atoms. The lowest BCUT2D eigenvalue weighted by Gasteiger charge is -2.19. The summed E-state index contributed by atoms with van der Waals surface area (Å²) in [6, 6.07) is 16.6. The molecule has 0 amide bonds. The Kier molecular flexibility index (Phi) is 8.18. The van der Waals surface area contributed by atoms with Gasteiger partial charge in [0.15, 0.2) is 0 Å². The molecule has 2 aromatic carbocycles. The van der Waals surface area contributed by atoms with Crippen molar-refractivity contribution in [1.29, 1.82) is 0 Å². The van der Waals surface area contributed by atoms with Crippen LogP contribution in [-0.4, -0.2) is 27.6 Å². The van der Waals surface area contributed by atoms with E-state index in [4.69, 9.17) is 14.3 Å². The molecule has 0 saturated carbocycles. The average molecular weight is 438 g/mol. The summed E-state index contributed by atoms with van der Waals surface area (Å²) in [6.45, 7) is 7.66. The van der Waals surface area contributed by atoms with Gasteiger partial charge in [0.1, 0.15) is 18.0 Å². The Morgan fingerprint density at radius 3 is 2.38 bits per heavy atom. The fourth-order valence-corrected chi connectivity index (χ4v) is 2.80. The molecule has 0 atom stereocenters. The minimum Gasteiger partial charge on any atom is -0.456 e. The highest BCUT2D eigenvalue weighted by Gasteiger charge is 2.17. The van der Waals surface area contributed by atoms with Gasteiger partial charge in [-0.05, 0) is 57.5 Å². The maximum Gasteiger partial charge on any atom is 0.338 e. The van der Waals surface area contributed by atoms with Gasteiger partial charge in [-0.15, -0.1) is 0 Å². The van der Waals surface area contributed by atoms with Crippen molar-refractivity contribution in [3.8, 4) is 11.6 Å². The standard InChI is InChI=1S/C24H27N3O4.CH4/c1-17-21(22(27(5)26-17)30-20-9-7-6-8-10-20)15-25-29-16-18-11-13-19(14-12-18)23(28)31-24(2,3)4;/h6-15H,16H2,1-5H3;1H4. The van der Waals surface area contributed by atoms with Gasteiger partial charge in [-0.25, -0.2) is 9.48 Å². The monoisotopic (exact) mass is 437 g/mol. The summed E-state index contributed by atoms with van der Waals surface area (Å²) < 4.78 is 13.0. The fourth-order valence-electron chi connectivity index (χ4n) is 2.80. The van der Waals surface area contributed by atoms with Gasteiger partial charge in [0, 0.05) is 7.05 Å². The van der Waals surface area contributed by atoms with E-state index < -0.39 is 5.60 Å². The zero-order valence-electron chi connectivity index (χ0n) is 18.5. The molecule has 0 fully saturated rings. The predicted octanol–water partition coefficient (Wildman–Crippen LogP) is 5.66. The van der Waals surface area contributed by atoms with Crippen molar-refractivity contribution in [3.05, 3.63) is 77.0 Å². The van der Waals surface area contributed by atoms with Crippen LogP contribution in [0, 0.1) is 6.92 Å². The number of oxime groups is 1. The van der Waals surface area contributed by atoms with Crippen molar-refractivity contribution in [2.75, 3.05) is 0 Å². The summed E-state index contributed by atoms with van der Waals surface area (Å²) in [6.07, 6.45) is 1.59. The smallest absolute Gasteiger partial charge is 0.338 e. The molecule has 0 aliphatic carbocycles. The molecule has 0 aliphatic heterocycles. The van der Waals surface area contributed by atoms with Gasteiger partial charge >= 0.3 is 5.97 Å². The van der Waals surface area contributed by atoms with Crippen LogP contribution in [0.5, 0.6) is 11.6 Å². The lowest BCUT2D eigenvalue weighted by molar-refractivity contribution is 0.00694. The van der Waals surface area contributed by atoms with Gasteiger partial charge in [0.25, 0.3) is 0 Å². The second-order valence-electron chi connectivity index (χ2n) is 8.05. The van der Waals surface area contributed by atoms with E-state index in [1.807, 2.05) is 77.2 Å². The number of carbonyl (C=O) groups excluding carboxylic acids is 1. The molecule has 1 aromatic heterocycles. The number of nitrogens with zero attached hydrogens (tertiary/aromatic N) is 3. The van der Waals surface area contributed by atoms with Crippen molar-refractivity contribution in [2.24, 2.45) is 12.2 Å². The molecule has 0 aliphatic rings. The molecule has 0 saturated heterocycles. The van der Waals surface area contributed by atoms with Gasteiger partial charge in [-0.1, -0.05) is 42.9 Å². The second-order valence-corrected chi connectivity index (χ2v) is 8.05. The number of ether oxygens (including phenoxy) is 2. The van der Waals surface area contributed by atoms with Crippen LogP contribution in [-0.2, 0) is 23.2 Å². The Hall–Kier alpha value is -3.61. The lowest BCUT2D eigenvalue weighted by Crippen LogP contribution is -2.23. The van der Waals surface area contributed by atoms with Crippen molar-refractivity contribution >= 4 is 12.2 Å². The Balaban J connectivity index is 0.00000363. The Labute approximate surface area is 189 Å². The van der Waals surface area contributed by atoms with E-state index in [2.05, 4.69) is 10.3 Å². The summed E-state index contributed by atoms with van der Waals surface area (Å²) in [7, 11) is 1.82. The van der Waals surface area contributed by atoms with E-state index in [0.717, 1.165) is 16.8 Å². The van der Waals surface area contributed by atoms with E-state index in [1.165, 1.54) is 0 Å². The van der Waals surface area contributed by atoms with E-state index in [0.29, 0.717) is 17.2 Å². The third-order valence-electron chi connectivity index (χ3n) is 4.25. The van der Waals surface area contributed by atoms with Crippen molar-refractivity contribution in [2.45, 2.75) is 47.3 Å². The van der Waals surface area contributed by atoms with Gasteiger partial charge < -0.3 is 14.3 Å². The Bertz CT molecular complexity index is 1050. The number of rotatable bonds is 7. The number of aryl methyl sites for hydroxylation is 2. The first-order valence-corrected chi connectivity index (χ1v) is 9.97. The van der Waals surface area contributed by atoms with E-state index in [1.54, 1.807) is 23.0 Å². The zero-order chi connectivity index (χ0) is 22.4. The largest absolute Gasteiger partial charge is 0.456 e. The first kappa shape index (κ1) is 24.7. The summed E-state index contributed by atoms with van der Waals surface area (Å²) >= 11 is 0. The topological polar surface area (TPSA) is 74.9 Å². The molecule has 3 aromatic rings. The van der Waals surface area contributed by atoms with E-state index in [-0.39, 0.29) is 20.0 Å². The zero-order valence-corrected chi connectivity index (χ0v) is 18.5. The molecular weight excluding hydrogens is 406 g/mol. The van der Waals surface area contributed by atoms with Crippen LogP contribution >= 0.6 is 0 Å². The molecule has 3 rings (SSSR count). The second kappa shape index (κ2) is 10.6. The van der Waals surface area contributed by atoms with Gasteiger partial charge in [-0.3, -0.25) is 0 Å². The number of carbonyl (C=O) groups is 1. The van der Waals surface area contributed by atoms with Crippen molar-refractivity contribution < 1.29 is 19.1 Å². The average Bonchev–Trinajstić information content (AvgIpc) is 2.98. The number of hydrogen-bond donors (Lipinski definition) is 0. The molecule has 0 radical (unpaired) electrons. The van der Waals surface area contributed by atoms with Crippen LogP contribution in [0.1, 0.15) is 55.4 Å². The third kappa shape index (κ3) is 6.70. The van der Waals surface area contributed by atoms with Crippen LogP contribution in [0.25, 0.3) is 0 Å². The first-order valence-electron chi connectivity index (χ1n) is 9.97. The molecule has 0 spiro atoms. The summed E-state index contributed by atoms with van der Waals surface area (Å²) in [5.74, 6) is 0.944. The number of para-hydroxylation sites is 1. The molecule has 7 heteroatoms. The SMILES string of the molecule is C.Cc1nn(C)c(Oc2ccccc2)c1C=NOCc1ccc(C(=O)OC(C)(C)C)cc1. The first-order chi connectivity index (χ1) is 14.7. The normalized spacial score (nSPS) is 11.2. The van der Waals surface area contributed by atoms with Crippen molar-refractivity contribution in [1.82, 2.24) is 9.78 Å². The molecular formula is C25H31N3O4. The maximum absolute atomic E-state index is 12.1. The Morgan fingerprint density at radius 2 is 1.75 bits per heavy atom. The summed E-state index contributed by atoms with van der Waals surface area (Å²) in [5, 5.41) is 8.47. The fraction of sp³-hybridized carbons (Fsp3) is 0.320. The number of esters is 1. The molecule has 0 N–H and O–H groups in total. The van der Waals surface area contributed by atoms with Crippen LogP contribution in [0.2, 0.25) is 0 Å². The highest BCUT2D eigenvalue weighted by molar-refractivity contribution is 5.89. The van der Waals surface area contributed by atoms with Gasteiger partial charge in [0.2, 0.25) is 5.88 Å². The van der Waals surface area contributed by atoms with Gasteiger partial charge in [0.05, 0.1) is 23.0 Å². The predicted molar refractivity (Wildman–Crippen MR) is 125 cm³/mol. The van der Waals surface area contributed by atoms with E-state index in [9.17, 15) is 4.79 Å². The molecule has 0 unspecified atom stereocenters. The molecule has 0 bridgehead atoms. The minimum absolute atomic E-state index is 0. The third-order valence-corrected chi connectivity index (χ3v) is 4.25. The maximum atomic E-state index is 12.1. The quantitative estimate of drug-likeness (QED) is 0.271. The minimum atomic E-state index is -0.527.